The Morgan fingerprint density at radius 3 is 2.50 bits per heavy atom. The fraction of sp³-hybridized carbons (Fsp3) is 0.125. The Morgan fingerprint density at radius 1 is 1.60 bits per heavy atom. The topological polar surface area (TPSA) is 17.1 Å². The van der Waals surface area contributed by atoms with Crippen LogP contribution in [0.5, 0.6) is 0 Å². The molecular weight excluding hydrogens is 148 g/mol. The molecule has 0 aliphatic heterocycles. The Labute approximate surface area is 65.7 Å². The lowest BCUT2D eigenvalue weighted by Gasteiger charge is -1.95. The largest absolute Gasteiger partial charge is 0.303 e. The minimum Gasteiger partial charge on any atom is -0.303 e. The van der Waals surface area contributed by atoms with Crippen molar-refractivity contribution in [2.75, 3.05) is 0 Å². The van der Waals surface area contributed by atoms with Gasteiger partial charge in [-0.1, -0.05) is 36.9 Å². The SMILES string of the molecule is C=C/C=C(/CC=O)C(=C)Cl. The molecule has 0 radical (unpaired) electrons. The predicted octanol–water partition coefficient (Wildman–Crippen LogP) is 2.44. The summed E-state index contributed by atoms with van der Waals surface area (Å²) in [5, 5.41) is 0.395. The smallest absolute Gasteiger partial charge is 0.124 e. The summed E-state index contributed by atoms with van der Waals surface area (Å²) in [6.45, 7) is 6.96. The summed E-state index contributed by atoms with van der Waals surface area (Å²) in [7, 11) is 0. The van der Waals surface area contributed by atoms with E-state index >= 15 is 0 Å². The average molecular weight is 157 g/mol. The van der Waals surface area contributed by atoms with Gasteiger partial charge in [-0.05, 0) is 5.57 Å². The van der Waals surface area contributed by atoms with Crippen LogP contribution in [0.15, 0.2) is 35.9 Å². The van der Waals surface area contributed by atoms with E-state index in [1.165, 1.54) is 0 Å². The first-order valence-corrected chi connectivity index (χ1v) is 3.20. The number of carbonyl (C=O) groups is 1. The summed E-state index contributed by atoms with van der Waals surface area (Å²) in [5.41, 5.74) is 0.715. The molecule has 0 atom stereocenters. The van der Waals surface area contributed by atoms with Crippen molar-refractivity contribution >= 4 is 17.9 Å². The Kier molecular flexibility index (Phi) is 4.59. The van der Waals surface area contributed by atoms with Crippen LogP contribution in [0, 0.1) is 0 Å². The van der Waals surface area contributed by atoms with Crippen molar-refractivity contribution in [3.8, 4) is 0 Å². The second-order valence-corrected chi connectivity index (χ2v) is 2.16. The van der Waals surface area contributed by atoms with Crippen molar-refractivity contribution in [2.45, 2.75) is 6.42 Å². The van der Waals surface area contributed by atoms with Crippen molar-refractivity contribution in [1.82, 2.24) is 0 Å². The summed E-state index contributed by atoms with van der Waals surface area (Å²) in [5.74, 6) is 0. The van der Waals surface area contributed by atoms with Gasteiger partial charge in [-0.25, -0.2) is 0 Å². The average Bonchev–Trinajstić information content (AvgIpc) is 1.87. The fourth-order valence-electron chi connectivity index (χ4n) is 0.501. The van der Waals surface area contributed by atoms with E-state index in [-0.39, 0.29) is 0 Å². The summed E-state index contributed by atoms with van der Waals surface area (Å²) in [6, 6.07) is 0. The number of allylic oxidation sites excluding steroid dienone is 4. The minimum absolute atomic E-state index is 0.300. The number of rotatable bonds is 4. The Balaban J connectivity index is 4.24. The fourth-order valence-corrected chi connectivity index (χ4v) is 0.641. The Hall–Kier alpha value is -0.820. The van der Waals surface area contributed by atoms with Crippen LogP contribution in [-0.4, -0.2) is 6.29 Å². The predicted molar refractivity (Wildman–Crippen MR) is 44.0 cm³/mol. The van der Waals surface area contributed by atoms with Crippen LogP contribution in [0.3, 0.4) is 0 Å². The monoisotopic (exact) mass is 156 g/mol. The lowest BCUT2D eigenvalue weighted by molar-refractivity contribution is -0.107. The second-order valence-electron chi connectivity index (χ2n) is 1.70. The van der Waals surface area contributed by atoms with Gasteiger partial charge >= 0.3 is 0 Å². The third kappa shape index (κ3) is 3.25. The molecule has 0 aromatic rings. The second kappa shape index (κ2) is 5.00. The molecule has 1 nitrogen and oxygen atoms in total. The molecule has 0 aromatic heterocycles. The van der Waals surface area contributed by atoms with E-state index in [1.807, 2.05) is 0 Å². The van der Waals surface area contributed by atoms with E-state index in [4.69, 9.17) is 11.6 Å². The molecule has 54 valence electrons. The zero-order valence-electron chi connectivity index (χ0n) is 5.64. The summed E-state index contributed by atoms with van der Waals surface area (Å²) in [6.07, 6.45) is 4.33. The van der Waals surface area contributed by atoms with E-state index < -0.39 is 0 Å². The molecule has 0 fully saturated rings. The molecule has 0 heterocycles. The highest BCUT2D eigenvalue weighted by Crippen LogP contribution is 2.14. The van der Waals surface area contributed by atoms with E-state index in [0.717, 1.165) is 6.29 Å². The van der Waals surface area contributed by atoms with Crippen LogP contribution in [0.4, 0.5) is 0 Å². The maximum Gasteiger partial charge on any atom is 0.124 e. The van der Waals surface area contributed by atoms with Crippen molar-refractivity contribution in [3.63, 3.8) is 0 Å². The van der Waals surface area contributed by atoms with Gasteiger partial charge in [0.05, 0.1) is 0 Å². The highest BCUT2D eigenvalue weighted by molar-refractivity contribution is 6.31. The Bertz CT molecular complexity index is 180. The molecule has 0 aliphatic rings. The molecule has 0 saturated heterocycles. The van der Waals surface area contributed by atoms with E-state index in [9.17, 15) is 4.79 Å². The molecule has 0 rings (SSSR count). The molecular formula is C8H9ClO. The number of hydrogen-bond donors (Lipinski definition) is 0. The van der Waals surface area contributed by atoms with Gasteiger partial charge < -0.3 is 4.79 Å². The first kappa shape index (κ1) is 9.18. The maximum atomic E-state index is 10.0. The lowest BCUT2D eigenvalue weighted by Crippen LogP contribution is -1.82. The van der Waals surface area contributed by atoms with Crippen LogP contribution < -0.4 is 0 Å². The van der Waals surface area contributed by atoms with Crippen LogP contribution in [0.1, 0.15) is 6.42 Å². The van der Waals surface area contributed by atoms with Crippen LogP contribution in [-0.2, 0) is 4.79 Å². The van der Waals surface area contributed by atoms with Gasteiger partial charge in [-0.2, -0.15) is 0 Å². The van der Waals surface area contributed by atoms with Gasteiger partial charge in [0.25, 0.3) is 0 Å². The molecule has 0 N–H and O–H groups in total. The number of aldehydes is 1. The van der Waals surface area contributed by atoms with Gasteiger partial charge in [0.15, 0.2) is 0 Å². The maximum absolute atomic E-state index is 10.0. The van der Waals surface area contributed by atoms with Gasteiger partial charge in [-0.3, -0.25) is 0 Å². The molecule has 10 heavy (non-hydrogen) atoms. The molecule has 0 spiro atoms. The molecule has 0 amide bonds. The van der Waals surface area contributed by atoms with Gasteiger partial charge in [-0.15, -0.1) is 0 Å². The van der Waals surface area contributed by atoms with Crippen molar-refractivity contribution < 1.29 is 4.79 Å². The van der Waals surface area contributed by atoms with Gasteiger partial charge in [0, 0.05) is 11.5 Å². The minimum atomic E-state index is 0.300. The van der Waals surface area contributed by atoms with Crippen LogP contribution in [0.2, 0.25) is 0 Å². The first-order valence-electron chi connectivity index (χ1n) is 2.82. The normalized spacial score (nSPS) is 10.7. The molecule has 0 saturated carbocycles. The van der Waals surface area contributed by atoms with Crippen molar-refractivity contribution in [1.29, 1.82) is 0 Å². The molecule has 0 unspecified atom stereocenters. The zero-order valence-corrected chi connectivity index (χ0v) is 6.40. The summed E-state index contributed by atoms with van der Waals surface area (Å²) >= 11 is 5.53. The number of carbonyl (C=O) groups excluding carboxylic acids is 1. The van der Waals surface area contributed by atoms with E-state index in [0.29, 0.717) is 17.0 Å². The lowest BCUT2D eigenvalue weighted by atomic mass is 10.2. The van der Waals surface area contributed by atoms with Crippen LogP contribution in [0.25, 0.3) is 0 Å². The number of hydrogen-bond acceptors (Lipinski definition) is 1. The standard InChI is InChI=1S/C8H9ClO/c1-3-4-8(5-6-10)7(2)9/h3-4,6H,1-2,5H2/b8-4-. The molecule has 0 aliphatic carbocycles. The third-order valence-corrected chi connectivity index (χ3v) is 1.21. The zero-order chi connectivity index (χ0) is 7.98. The molecule has 2 heteroatoms. The van der Waals surface area contributed by atoms with E-state index in [2.05, 4.69) is 13.2 Å². The van der Waals surface area contributed by atoms with Gasteiger partial charge in [0.1, 0.15) is 6.29 Å². The molecule has 0 aromatic carbocycles. The first-order chi connectivity index (χ1) is 4.72. The Morgan fingerprint density at radius 2 is 2.20 bits per heavy atom. The third-order valence-electron chi connectivity index (χ3n) is 0.971. The highest BCUT2D eigenvalue weighted by atomic mass is 35.5. The quantitative estimate of drug-likeness (QED) is 0.452. The summed E-state index contributed by atoms with van der Waals surface area (Å²) < 4.78 is 0. The van der Waals surface area contributed by atoms with Crippen LogP contribution >= 0.6 is 11.6 Å². The highest BCUT2D eigenvalue weighted by Gasteiger charge is 1.95. The van der Waals surface area contributed by atoms with Crippen molar-refractivity contribution in [2.24, 2.45) is 0 Å². The summed E-state index contributed by atoms with van der Waals surface area (Å²) in [4.78, 5) is 10.0. The molecule has 0 bridgehead atoms. The van der Waals surface area contributed by atoms with E-state index in [1.54, 1.807) is 12.2 Å². The van der Waals surface area contributed by atoms with Gasteiger partial charge in [0.2, 0.25) is 0 Å². The van der Waals surface area contributed by atoms with Crippen molar-refractivity contribution in [3.05, 3.63) is 35.9 Å². The number of halogens is 1.